The van der Waals surface area contributed by atoms with E-state index in [4.69, 9.17) is 5.11 Å². The second kappa shape index (κ2) is 9.94. The standard InChI is InChI=1S/C16H32O/c1-2-3-4-5-6-7-8-9-10-11-12-15-13-16(15)14-17/h15-17H,2-14H2,1H3/t15-,16+/m1/s1. The molecule has 1 heteroatoms. The number of hydrogen-bond donors (Lipinski definition) is 1. The Kier molecular flexibility index (Phi) is 8.78. The topological polar surface area (TPSA) is 20.2 Å². The minimum Gasteiger partial charge on any atom is -0.396 e. The fourth-order valence-electron chi connectivity index (χ4n) is 2.78. The minimum atomic E-state index is 0.433. The van der Waals surface area contributed by atoms with Gasteiger partial charge in [-0.3, -0.25) is 0 Å². The lowest BCUT2D eigenvalue weighted by Gasteiger charge is -2.02. The fourth-order valence-corrected chi connectivity index (χ4v) is 2.78. The van der Waals surface area contributed by atoms with Gasteiger partial charge in [-0.15, -0.1) is 0 Å². The highest BCUT2D eigenvalue weighted by Gasteiger charge is 2.34. The van der Waals surface area contributed by atoms with Gasteiger partial charge in [0.2, 0.25) is 0 Å². The fraction of sp³-hybridized carbons (Fsp3) is 1.00. The monoisotopic (exact) mass is 240 g/mol. The van der Waals surface area contributed by atoms with Crippen LogP contribution in [0.3, 0.4) is 0 Å². The summed E-state index contributed by atoms with van der Waals surface area (Å²) in [5, 5.41) is 8.94. The molecule has 0 aromatic rings. The lowest BCUT2D eigenvalue weighted by Crippen LogP contribution is -1.89. The van der Waals surface area contributed by atoms with Crippen LogP contribution in [-0.2, 0) is 0 Å². The van der Waals surface area contributed by atoms with Crippen molar-refractivity contribution < 1.29 is 5.11 Å². The number of aliphatic hydroxyl groups excluding tert-OH is 1. The van der Waals surface area contributed by atoms with Gasteiger partial charge in [-0.05, 0) is 18.3 Å². The molecule has 1 N–H and O–H groups in total. The van der Waals surface area contributed by atoms with E-state index in [1.807, 2.05) is 0 Å². The number of hydrogen-bond acceptors (Lipinski definition) is 1. The van der Waals surface area contributed by atoms with E-state index in [2.05, 4.69) is 6.92 Å². The first kappa shape index (κ1) is 15.0. The van der Waals surface area contributed by atoms with E-state index in [-0.39, 0.29) is 0 Å². The number of aliphatic hydroxyl groups is 1. The Morgan fingerprint density at radius 3 is 1.76 bits per heavy atom. The summed E-state index contributed by atoms with van der Waals surface area (Å²) in [6.07, 6.45) is 17.0. The Balaban J connectivity index is 1.68. The molecule has 0 saturated heterocycles. The van der Waals surface area contributed by atoms with Crippen LogP contribution in [0.5, 0.6) is 0 Å². The molecule has 0 unspecified atom stereocenters. The molecule has 1 nitrogen and oxygen atoms in total. The van der Waals surface area contributed by atoms with Gasteiger partial charge in [-0.25, -0.2) is 0 Å². The van der Waals surface area contributed by atoms with Gasteiger partial charge in [0.15, 0.2) is 0 Å². The van der Waals surface area contributed by atoms with Gasteiger partial charge in [-0.1, -0.05) is 77.6 Å². The van der Waals surface area contributed by atoms with Crippen LogP contribution in [0.15, 0.2) is 0 Å². The summed E-state index contributed by atoms with van der Waals surface area (Å²) in [7, 11) is 0. The molecule has 0 heterocycles. The molecule has 0 amide bonds. The molecule has 0 aliphatic heterocycles. The van der Waals surface area contributed by atoms with Crippen molar-refractivity contribution in [3.8, 4) is 0 Å². The minimum absolute atomic E-state index is 0.433. The molecule has 1 rings (SSSR count). The predicted molar refractivity (Wildman–Crippen MR) is 75.1 cm³/mol. The van der Waals surface area contributed by atoms with Gasteiger partial charge in [0.05, 0.1) is 0 Å². The highest BCUT2D eigenvalue weighted by atomic mass is 16.3. The van der Waals surface area contributed by atoms with Crippen molar-refractivity contribution >= 4 is 0 Å². The maximum absolute atomic E-state index is 8.94. The maximum atomic E-state index is 8.94. The molecule has 1 saturated carbocycles. The average Bonchev–Trinajstić information content (AvgIpc) is 3.10. The van der Waals surface area contributed by atoms with Gasteiger partial charge < -0.3 is 5.11 Å². The van der Waals surface area contributed by atoms with Crippen LogP contribution in [0.25, 0.3) is 0 Å². The first-order valence-electron chi connectivity index (χ1n) is 7.99. The smallest absolute Gasteiger partial charge is 0.0462 e. The molecular weight excluding hydrogens is 208 g/mol. The second-order valence-corrected chi connectivity index (χ2v) is 5.91. The molecule has 1 aliphatic rings. The average molecular weight is 240 g/mol. The summed E-state index contributed by atoms with van der Waals surface area (Å²) in [6, 6.07) is 0. The molecule has 1 fully saturated rings. The maximum Gasteiger partial charge on any atom is 0.0462 e. The Bertz CT molecular complexity index is 167. The third kappa shape index (κ3) is 7.81. The van der Waals surface area contributed by atoms with E-state index < -0.39 is 0 Å². The zero-order valence-electron chi connectivity index (χ0n) is 11.8. The summed E-state index contributed by atoms with van der Waals surface area (Å²) in [4.78, 5) is 0. The van der Waals surface area contributed by atoms with Gasteiger partial charge >= 0.3 is 0 Å². The summed E-state index contributed by atoms with van der Waals surface area (Å²) >= 11 is 0. The van der Waals surface area contributed by atoms with Crippen molar-refractivity contribution in [2.45, 2.75) is 84.0 Å². The molecule has 0 spiro atoms. The van der Waals surface area contributed by atoms with Crippen molar-refractivity contribution in [2.75, 3.05) is 6.61 Å². The summed E-state index contributed by atoms with van der Waals surface area (Å²) in [6.45, 7) is 2.71. The Hall–Kier alpha value is -0.0400. The normalized spacial score (nSPS) is 22.9. The number of rotatable bonds is 12. The van der Waals surface area contributed by atoms with Crippen LogP contribution in [0.1, 0.15) is 84.0 Å². The molecular formula is C16H32O. The number of unbranched alkanes of at least 4 members (excludes halogenated alkanes) is 9. The quantitative estimate of drug-likeness (QED) is 0.480. The van der Waals surface area contributed by atoms with Crippen molar-refractivity contribution in [3.63, 3.8) is 0 Å². The van der Waals surface area contributed by atoms with E-state index >= 15 is 0 Å². The summed E-state index contributed by atoms with van der Waals surface area (Å²) < 4.78 is 0. The zero-order valence-corrected chi connectivity index (χ0v) is 11.8. The Labute approximate surface area is 108 Å². The zero-order chi connectivity index (χ0) is 12.3. The van der Waals surface area contributed by atoms with Crippen LogP contribution >= 0.6 is 0 Å². The first-order chi connectivity index (χ1) is 8.38. The molecule has 2 atom stereocenters. The van der Waals surface area contributed by atoms with Crippen molar-refractivity contribution in [1.29, 1.82) is 0 Å². The van der Waals surface area contributed by atoms with Gasteiger partial charge in [0.25, 0.3) is 0 Å². The summed E-state index contributed by atoms with van der Waals surface area (Å²) in [5.41, 5.74) is 0. The predicted octanol–water partition coefficient (Wildman–Crippen LogP) is 4.93. The van der Waals surface area contributed by atoms with Crippen molar-refractivity contribution in [2.24, 2.45) is 11.8 Å². The Morgan fingerprint density at radius 1 is 0.765 bits per heavy atom. The summed E-state index contributed by atoms with van der Waals surface area (Å²) in [5.74, 6) is 1.56. The first-order valence-corrected chi connectivity index (χ1v) is 7.99. The van der Waals surface area contributed by atoms with Crippen LogP contribution < -0.4 is 0 Å². The van der Waals surface area contributed by atoms with Crippen LogP contribution in [0, 0.1) is 11.8 Å². The highest BCUT2D eigenvalue weighted by molar-refractivity contribution is 4.85. The van der Waals surface area contributed by atoms with Crippen molar-refractivity contribution in [3.05, 3.63) is 0 Å². The molecule has 1 aliphatic carbocycles. The van der Waals surface area contributed by atoms with Crippen LogP contribution in [-0.4, -0.2) is 11.7 Å². The second-order valence-electron chi connectivity index (χ2n) is 5.91. The van der Waals surface area contributed by atoms with E-state index in [1.165, 1.54) is 77.0 Å². The largest absolute Gasteiger partial charge is 0.396 e. The third-order valence-corrected chi connectivity index (χ3v) is 4.23. The lowest BCUT2D eigenvalue weighted by molar-refractivity contribution is 0.267. The highest BCUT2D eigenvalue weighted by Crippen LogP contribution is 2.41. The SMILES string of the molecule is CCCCCCCCCCCC[C@@H]1C[C@H]1CO. The molecule has 102 valence electrons. The van der Waals surface area contributed by atoms with Crippen molar-refractivity contribution in [1.82, 2.24) is 0 Å². The van der Waals surface area contributed by atoms with Gasteiger partial charge in [0, 0.05) is 6.61 Å². The molecule has 0 radical (unpaired) electrons. The molecule has 0 aromatic heterocycles. The van der Waals surface area contributed by atoms with E-state index in [1.54, 1.807) is 0 Å². The molecule has 17 heavy (non-hydrogen) atoms. The third-order valence-electron chi connectivity index (χ3n) is 4.23. The van der Waals surface area contributed by atoms with Gasteiger partial charge in [0.1, 0.15) is 0 Å². The van der Waals surface area contributed by atoms with Crippen LogP contribution in [0.4, 0.5) is 0 Å². The lowest BCUT2D eigenvalue weighted by atomic mass is 10.0. The van der Waals surface area contributed by atoms with Gasteiger partial charge in [-0.2, -0.15) is 0 Å². The Morgan fingerprint density at radius 2 is 1.29 bits per heavy atom. The molecule has 0 aromatic carbocycles. The van der Waals surface area contributed by atoms with E-state index in [9.17, 15) is 0 Å². The van der Waals surface area contributed by atoms with E-state index in [0.717, 1.165) is 5.92 Å². The van der Waals surface area contributed by atoms with Crippen LogP contribution in [0.2, 0.25) is 0 Å². The molecule has 0 bridgehead atoms. The van der Waals surface area contributed by atoms with E-state index in [0.29, 0.717) is 12.5 Å².